The predicted octanol–water partition coefficient (Wildman–Crippen LogP) is 2.97. The molecule has 0 radical (unpaired) electrons. The topological polar surface area (TPSA) is 41.9 Å². The Morgan fingerprint density at radius 2 is 2.13 bits per heavy atom. The van der Waals surface area contributed by atoms with Crippen LogP contribution >= 0.6 is 11.8 Å². The smallest absolute Gasteiger partial charge is 0.262 e. The van der Waals surface area contributed by atoms with Gasteiger partial charge in [-0.1, -0.05) is 18.2 Å². The molecule has 0 aromatic heterocycles. The third-order valence-corrected chi connectivity index (χ3v) is 7.67. The molecule has 4 unspecified atom stereocenters. The van der Waals surface area contributed by atoms with Crippen LogP contribution in [0.5, 0.6) is 0 Å². The molecule has 23 heavy (non-hydrogen) atoms. The highest BCUT2D eigenvalue weighted by Crippen LogP contribution is 2.51. The van der Waals surface area contributed by atoms with Gasteiger partial charge in [-0.05, 0) is 56.8 Å². The summed E-state index contributed by atoms with van der Waals surface area (Å²) in [4.78, 5) is 19.3. The van der Waals surface area contributed by atoms with Gasteiger partial charge in [0.25, 0.3) is 5.91 Å². The summed E-state index contributed by atoms with van der Waals surface area (Å²) in [6, 6.07) is 0. The van der Waals surface area contributed by atoms with Crippen molar-refractivity contribution in [1.82, 2.24) is 4.90 Å². The Balaban J connectivity index is 1.30. The van der Waals surface area contributed by atoms with Gasteiger partial charge >= 0.3 is 0 Å². The van der Waals surface area contributed by atoms with Crippen molar-refractivity contribution in [1.29, 1.82) is 0 Å². The number of morpholine rings is 1. The summed E-state index contributed by atoms with van der Waals surface area (Å²) in [5, 5.41) is 1.12. The van der Waals surface area contributed by atoms with Gasteiger partial charge in [0.2, 0.25) is 0 Å². The summed E-state index contributed by atoms with van der Waals surface area (Å²) in [7, 11) is 0. The van der Waals surface area contributed by atoms with Crippen molar-refractivity contribution in [3.63, 3.8) is 0 Å². The second-order valence-electron chi connectivity index (χ2n) is 7.99. The highest BCUT2D eigenvalue weighted by molar-refractivity contribution is 8.16. The summed E-state index contributed by atoms with van der Waals surface area (Å²) in [6.45, 7) is 6.71. The van der Waals surface area contributed by atoms with E-state index in [1.807, 2.05) is 0 Å². The monoisotopic (exact) mass is 336 g/mol. The van der Waals surface area contributed by atoms with Crippen molar-refractivity contribution in [2.75, 3.05) is 32.8 Å². The summed E-state index contributed by atoms with van der Waals surface area (Å²) in [5.41, 5.74) is 0. The number of aliphatic imine (C=N–C) groups is 1. The van der Waals surface area contributed by atoms with Crippen molar-refractivity contribution in [3.05, 3.63) is 0 Å². The number of amides is 1. The fraction of sp³-hybridized carbons (Fsp3) is 0.889. The molecule has 4 aliphatic rings. The molecule has 2 heterocycles. The normalized spacial score (nSPS) is 40.8. The van der Waals surface area contributed by atoms with Gasteiger partial charge in [-0.3, -0.25) is 9.69 Å². The standard InChI is InChI=1S/C18H28N2O2S/c1-18(4-5-20-6-8-22-9-7-20)17(21)19-16(23-18)12-15-11-13-2-3-14(15)10-13/h13-15H,2-12H2,1H3. The van der Waals surface area contributed by atoms with Gasteiger partial charge in [-0.25, -0.2) is 4.99 Å². The van der Waals surface area contributed by atoms with Crippen LogP contribution in [-0.4, -0.2) is 53.4 Å². The Labute approximate surface area is 143 Å². The van der Waals surface area contributed by atoms with Crippen molar-refractivity contribution in [2.45, 2.75) is 50.2 Å². The molecule has 1 amide bonds. The van der Waals surface area contributed by atoms with Gasteiger partial charge in [-0.15, -0.1) is 0 Å². The number of thioether (sulfide) groups is 1. The first-order valence-electron chi connectivity index (χ1n) is 9.23. The van der Waals surface area contributed by atoms with E-state index in [1.165, 1.54) is 25.7 Å². The summed E-state index contributed by atoms with van der Waals surface area (Å²) in [6.07, 6.45) is 7.63. The molecular formula is C18H28N2O2S. The van der Waals surface area contributed by atoms with Crippen molar-refractivity contribution < 1.29 is 9.53 Å². The van der Waals surface area contributed by atoms with Gasteiger partial charge in [0, 0.05) is 19.6 Å². The van der Waals surface area contributed by atoms with Crippen molar-refractivity contribution in [3.8, 4) is 0 Å². The first kappa shape index (κ1) is 16.1. The van der Waals surface area contributed by atoms with Crippen molar-refractivity contribution >= 4 is 22.7 Å². The molecule has 5 heteroatoms. The molecular weight excluding hydrogens is 308 g/mol. The maximum Gasteiger partial charge on any atom is 0.262 e. The maximum absolute atomic E-state index is 12.5. The molecule has 4 nitrogen and oxygen atoms in total. The van der Waals surface area contributed by atoms with Gasteiger partial charge in [0.15, 0.2) is 0 Å². The van der Waals surface area contributed by atoms with E-state index in [0.717, 1.165) is 68.5 Å². The van der Waals surface area contributed by atoms with Gasteiger partial charge < -0.3 is 4.74 Å². The molecule has 0 spiro atoms. The van der Waals surface area contributed by atoms with Crippen LogP contribution < -0.4 is 0 Å². The number of carbonyl (C=O) groups is 1. The average molecular weight is 337 g/mol. The van der Waals surface area contributed by atoms with Gasteiger partial charge in [0.05, 0.1) is 18.3 Å². The second kappa shape index (κ2) is 6.49. The number of carbonyl (C=O) groups excluding carboxylic acids is 1. The second-order valence-corrected chi connectivity index (χ2v) is 9.56. The van der Waals surface area contributed by atoms with E-state index < -0.39 is 0 Å². The molecule has 2 aliphatic heterocycles. The van der Waals surface area contributed by atoms with E-state index in [2.05, 4.69) is 16.8 Å². The Morgan fingerprint density at radius 1 is 1.30 bits per heavy atom. The number of hydrogen-bond donors (Lipinski definition) is 0. The van der Waals surface area contributed by atoms with Crippen LogP contribution in [0.3, 0.4) is 0 Å². The lowest BCUT2D eigenvalue weighted by atomic mass is 9.87. The van der Waals surface area contributed by atoms with E-state index >= 15 is 0 Å². The molecule has 4 atom stereocenters. The quantitative estimate of drug-likeness (QED) is 0.774. The molecule has 1 saturated heterocycles. The highest BCUT2D eigenvalue weighted by Gasteiger charge is 2.44. The van der Waals surface area contributed by atoms with E-state index in [-0.39, 0.29) is 10.7 Å². The van der Waals surface area contributed by atoms with Crippen molar-refractivity contribution in [2.24, 2.45) is 22.7 Å². The lowest BCUT2D eigenvalue weighted by Gasteiger charge is -2.30. The molecule has 3 fully saturated rings. The lowest BCUT2D eigenvalue weighted by Crippen LogP contribution is -2.40. The Morgan fingerprint density at radius 3 is 2.83 bits per heavy atom. The van der Waals surface area contributed by atoms with E-state index in [9.17, 15) is 4.79 Å². The number of ether oxygens (including phenoxy) is 1. The first-order valence-corrected chi connectivity index (χ1v) is 10.1. The van der Waals surface area contributed by atoms with E-state index in [1.54, 1.807) is 11.8 Å². The number of rotatable bonds is 5. The summed E-state index contributed by atoms with van der Waals surface area (Å²) in [5.74, 6) is 2.79. The molecule has 128 valence electrons. The number of hydrogen-bond acceptors (Lipinski definition) is 4. The minimum Gasteiger partial charge on any atom is -0.379 e. The molecule has 0 N–H and O–H groups in total. The molecule has 4 rings (SSSR count). The third kappa shape index (κ3) is 3.38. The van der Waals surface area contributed by atoms with Crippen LogP contribution in [0.2, 0.25) is 0 Å². The Hall–Kier alpha value is -0.390. The van der Waals surface area contributed by atoms with Crippen LogP contribution in [0.1, 0.15) is 45.4 Å². The fourth-order valence-corrected chi connectivity index (χ4v) is 6.12. The fourth-order valence-electron chi connectivity index (χ4n) is 4.85. The zero-order valence-corrected chi connectivity index (χ0v) is 14.9. The first-order chi connectivity index (χ1) is 11.1. The Kier molecular flexibility index (Phi) is 4.54. The SMILES string of the molecule is CC1(CCN2CCOCC2)SC(CC2CC3CCC2C3)=NC1=O. The largest absolute Gasteiger partial charge is 0.379 e. The van der Waals surface area contributed by atoms with Crippen LogP contribution in [0.4, 0.5) is 0 Å². The van der Waals surface area contributed by atoms with Gasteiger partial charge in [-0.2, -0.15) is 0 Å². The Bertz CT molecular complexity index is 503. The van der Waals surface area contributed by atoms with Crippen LogP contribution in [0, 0.1) is 17.8 Å². The zero-order chi connectivity index (χ0) is 15.9. The predicted molar refractivity (Wildman–Crippen MR) is 93.9 cm³/mol. The summed E-state index contributed by atoms with van der Waals surface area (Å²) >= 11 is 1.77. The van der Waals surface area contributed by atoms with Crippen LogP contribution in [-0.2, 0) is 9.53 Å². The van der Waals surface area contributed by atoms with Gasteiger partial charge in [0.1, 0.15) is 4.75 Å². The van der Waals surface area contributed by atoms with E-state index in [4.69, 9.17) is 4.74 Å². The minimum absolute atomic E-state index is 0.105. The lowest BCUT2D eigenvalue weighted by molar-refractivity contribution is -0.119. The molecule has 0 aromatic rings. The van der Waals surface area contributed by atoms with Crippen LogP contribution in [0.25, 0.3) is 0 Å². The van der Waals surface area contributed by atoms with E-state index in [0.29, 0.717) is 0 Å². The maximum atomic E-state index is 12.5. The molecule has 2 bridgehead atoms. The number of nitrogens with zero attached hydrogens (tertiary/aromatic N) is 2. The summed E-state index contributed by atoms with van der Waals surface area (Å²) < 4.78 is 5.07. The average Bonchev–Trinajstić information content (AvgIpc) is 3.23. The minimum atomic E-state index is -0.328. The zero-order valence-electron chi connectivity index (χ0n) is 14.1. The molecule has 2 saturated carbocycles. The number of fused-ring (bicyclic) bond motifs is 2. The third-order valence-electron chi connectivity index (χ3n) is 6.35. The highest BCUT2D eigenvalue weighted by atomic mass is 32.2. The van der Waals surface area contributed by atoms with Crippen LogP contribution in [0.15, 0.2) is 4.99 Å². The molecule has 2 aliphatic carbocycles. The molecule has 0 aromatic carbocycles.